The minimum absolute atomic E-state index is 0.0374. The van der Waals surface area contributed by atoms with Gasteiger partial charge < -0.3 is 24.8 Å². The van der Waals surface area contributed by atoms with Crippen molar-refractivity contribution < 1.29 is 29.1 Å². The minimum Gasteiger partial charge on any atom is -0.490 e. The molecular formula is C15H21N3O7. The number of carbonyl (C=O) groups is 2. The van der Waals surface area contributed by atoms with Crippen LogP contribution in [0.15, 0.2) is 12.1 Å². The Kier molecular flexibility index (Phi) is 7.44. The van der Waals surface area contributed by atoms with E-state index in [2.05, 4.69) is 5.32 Å². The molecule has 25 heavy (non-hydrogen) atoms. The van der Waals surface area contributed by atoms with Crippen molar-refractivity contribution in [2.45, 2.75) is 20.3 Å². The highest BCUT2D eigenvalue weighted by atomic mass is 16.6. The Balaban J connectivity index is 3.10. The molecule has 0 aliphatic rings. The number of hydrogen-bond donors (Lipinski definition) is 2. The van der Waals surface area contributed by atoms with Crippen molar-refractivity contribution in [1.82, 2.24) is 4.90 Å². The van der Waals surface area contributed by atoms with Gasteiger partial charge in [-0.25, -0.2) is 4.79 Å². The number of benzene rings is 1. The molecule has 0 bridgehead atoms. The molecule has 1 aromatic rings. The first-order chi connectivity index (χ1) is 11.8. The molecule has 2 amide bonds. The number of hydrogen-bond acceptors (Lipinski definition) is 6. The van der Waals surface area contributed by atoms with Gasteiger partial charge in [0, 0.05) is 19.7 Å². The van der Waals surface area contributed by atoms with Gasteiger partial charge in [0.25, 0.3) is 5.69 Å². The summed E-state index contributed by atoms with van der Waals surface area (Å²) >= 11 is 0. The van der Waals surface area contributed by atoms with Crippen LogP contribution in [0.4, 0.5) is 16.2 Å². The summed E-state index contributed by atoms with van der Waals surface area (Å²) in [5, 5.41) is 22.3. The quantitative estimate of drug-likeness (QED) is 0.513. The molecule has 1 rings (SSSR count). The number of ether oxygens (including phenoxy) is 2. The van der Waals surface area contributed by atoms with Gasteiger partial charge in [0.05, 0.1) is 30.6 Å². The normalized spacial score (nSPS) is 10.0. The van der Waals surface area contributed by atoms with Crippen molar-refractivity contribution in [3.05, 3.63) is 22.2 Å². The molecule has 1 aromatic carbocycles. The smallest absolute Gasteiger partial charge is 0.321 e. The molecule has 138 valence electrons. The number of carbonyl (C=O) groups excluding carboxylic acids is 1. The van der Waals surface area contributed by atoms with E-state index in [1.807, 2.05) is 0 Å². The van der Waals surface area contributed by atoms with Crippen LogP contribution < -0.4 is 14.8 Å². The van der Waals surface area contributed by atoms with Crippen molar-refractivity contribution in [2.24, 2.45) is 0 Å². The number of nitro benzene ring substituents is 1. The lowest BCUT2D eigenvalue weighted by atomic mass is 10.2. The topological polar surface area (TPSA) is 131 Å². The standard InChI is InChI=1S/C15H21N3O7/c1-4-24-12-8-10(11(18(22)23)9-13(12)25-5-2)16-15(21)17(3)7-6-14(19)20/h8-9H,4-7H2,1-3H3,(H,16,21)(H,19,20). The van der Waals surface area contributed by atoms with Crippen molar-refractivity contribution >= 4 is 23.4 Å². The first kappa shape index (κ1) is 20.0. The van der Waals surface area contributed by atoms with Gasteiger partial charge in [-0.1, -0.05) is 0 Å². The maximum atomic E-state index is 12.1. The number of nitrogens with zero attached hydrogens (tertiary/aromatic N) is 2. The molecule has 10 nitrogen and oxygen atoms in total. The van der Waals surface area contributed by atoms with Crippen LogP contribution in [0.1, 0.15) is 20.3 Å². The maximum absolute atomic E-state index is 12.1. The van der Waals surface area contributed by atoms with Crippen molar-refractivity contribution in [1.29, 1.82) is 0 Å². The second kappa shape index (κ2) is 9.30. The van der Waals surface area contributed by atoms with Crippen LogP contribution in [-0.4, -0.2) is 53.7 Å². The Labute approximate surface area is 144 Å². The number of rotatable bonds is 9. The molecular weight excluding hydrogens is 334 g/mol. The predicted molar refractivity (Wildman–Crippen MR) is 89.3 cm³/mol. The summed E-state index contributed by atoms with van der Waals surface area (Å²) in [5.74, 6) is -0.586. The highest BCUT2D eigenvalue weighted by Crippen LogP contribution is 2.38. The van der Waals surface area contributed by atoms with Gasteiger partial charge in [-0.3, -0.25) is 14.9 Å². The van der Waals surface area contributed by atoms with Crippen LogP contribution in [0.25, 0.3) is 0 Å². The van der Waals surface area contributed by atoms with Gasteiger partial charge in [0.1, 0.15) is 5.69 Å². The largest absolute Gasteiger partial charge is 0.490 e. The molecule has 0 aromatic heterocycles. The number of nitrogens with one attached hydrogen (secondary N) is 1. The van der Waals surface area contributed by atoms with E-state index in [1.165, 1.54) is 19.2 Å². The summed E-state index contributed by atoms with van der Waals surface area (Å²) in [6.07, 6.45) is -0.237. The van der Waals surface area contributed by atoms with Crippen LogP contribution in [0.5, 0.6) is 11.5 Å². The van der Waals surface area contributed by atoms with Gasteiger partial charge >= 0.3 is 12.0 Å². The first-order valence-electron chi connectivity index (χ1n) is 7.62. The molecule has 0 saturated heterocycles. The average Bonchev–Trinajstić information content (AvgIpc) is 2.54. The summed E-state index contributed by atoms with van der Waals surface area (Å²) in [6, 6.07) is 1.83. The molecule has 0 spiro atoms. The summed E-state index contributed by atoms with van der Waals surface area (Å²) < 4.78 is 10.7. The highest BCUT2D eigenvalue weighted by molar-refractivity contribution is 5.92. The van der Waals surface area contributed by atoms with Crippen molar-refractivity contribution in [3.8, 4) is 11.5 Å². The lowest BCUT2D eigenvalue weighted by Gasteiger charge is -2.18. The zero-order chi connectivity index (χ0) is 19.0. The summed E-state index contributed by atoms with van der Waals surface area (Å²) in [4.78, 5) is 34.4. The van der Waals surface area contributed by atoms with Crippen molar-refractivity contribution in [3.63, 3.8) is 0 Å². The van der Waals surface area contributed by atoms with E-state index >= 15 is 0 Å². The zero-order valence-corrected chi connectivity index (χ0v) is 14.3. The van der Waals surface area contributed by atoms with Gasteiger partial charge in [-0.2, -0.15) is 0 Å². The third-order valence-corrected chi connectivity index (χ3v) is 3.11. The number of urea groups is 1. The monoisotopic (exact) mass is 355 g/mol. The molecule has 0 saturated carbocycles. The van der Waals surface area contributed by atoms with Crippen LogP contribution in [0, 0.1) is 10.1 Å². The Morgan fingerprint density at radius 3 is 2.28 bits per heavy atom. The molecule has 0 radical (unpaired) electrons. The van der Waals surface area contributed by atoms with Gasteiger partial charge in [-0.15, -0.1) is 0 Å². The number of anilines is 1. The predicted octanol–water partition coefficient (Wildman–Crippen LogP) is 2.33. The molecule has 10 heteroatoms. The van der Waals surface area contributed by atoms with Gasteiger partial charge in [0.15, 0.2) is 11.5 Å². The fourth-order valence-corrected chi connectivity index (χ4v) is 1.91. The van der Waals surface area contributed by atoms with E-state index in [-0.39, 0.29) is 35.8 Å². The molecule has 0 unspecified atom stereocenters. The van der Waals surface area contributed by atoms with E-state index in [0.29, 0.717) is 13.2 Å². The van der Waals surface area contributed by atoms with E-state index in [9.17, 15) is 19.7 Å². The van der Waals surface area contributed by atoms with Crippen molar-refractivity contribution in [2.75, 3.05) is 32.1 Å². The molecule has 0 aliphatic carbocycles. The second-order valence-corrected chi connectivity index (χ2v) is 4.93. The molecule has 2 N–H and O–H groups in total. The third-order valence-electron chi connectivity index (χ3n) is 3.11. The fraction of sp³-hybridized carbons (Fsp3) is 0.467. The van der Waals surface area contributed by atoms with Crippen LogP contribution in [0.3, 0.4) is 0 Å². The lowest BCUT2D eigenvalue weighted by molar-refractivity contribution is -0.384. The Morgan fingerprint density at radius 1 is 1.24 bits per heavy atom. The van der Waals surface area contributed by atoms with Gasteiger partial charge in [0.2, 0.25) is 0 Å². The fourth-order valence-electron chi connectivity index (χ4n) is 1.91. The lowest BCUT2D eigenvalue weighted by Crippen LogP contribution is -2.33. The van der Waals surface area contributed by atoms with Crippen LogP contribution in [-0.2, 0) is 4.79 Å². The molecule has 0 atom stereocenters. The number of nitro groups is 1. The Hall–Kier alpha value is -3.04. The Bertz CT molecular complexity index is 648. The van der Waals surface area contributed by atoms with E-state index < -0.39 is 16.9 Å². The van der Waals surface area contributed by atoms with E-state index in [1.54, 1.807) is 13.8 Å². The van der Waals surface area contributed by atoms with E-state index in [4.69, 9.17) is 14.6 Å². The summed E-state index contributed by atoms with van der Waals surface area (Å²) in [7, 11) is 1.39. The third kappa shape index (κ3) is 5.83. The molecule has 0 aliphatic heterocycles. The number of carboxylic acids is 1. The number of amides is 2. The second-order valence-electron chi connectivity index (χ2n) is 4.93. The first-order valence-corrected chi connectivity index (χ1v) is 7.62. The number of aliphatic carboxylic acids is 1. The zero-order valence-electron chi connectivity index (χ0n) is 14.3. The minimum atomic E-state index is -1.05. The Morgan fingerprint density at radius 2 is 1.80 bits per heavy atom. The summed E-state index contributed by atoms with van der Waals surface area (Å²) in [5.41, 5.74) is -0.420. The number of carboxylic acid groups (broad SMARTS) is 1. The average molecular weight is 355 g/mol. The summed E-state index contributed by atoms with van der Waals surface area (Å²) in [6.45, 7) is 4.04. The SMILES string of the molecule is CCOc1cc(NC(=O)N(C)CCC(=O)O)c([N+](=O)[O-])cc1OCC. The van der Waals surface area contributed by atoms with E-state index in [0.717, 1.165) is 4.90 Å². The van der Waals surface area contributed by atoms with Crippen LogP contribution >= 0.6 is 0 Å². The van der Waals surface area contributed by atoms with Gasteiger partial charge in [-0.05, 0) is 13.8 Å². The van der Waals surface area contributed by atoms with Crippen LogP contribution in [0.2, 0.25) is 0 Å². The maximum Gasteiger partial charge on any atom is 0.321 e. The molecule has 0 heterocycles. The molecule has 0 fully saturated rings. The highest BCUT2D eigenvalue weighted by Gasteiger charge is 2.22.